The zero-order valence-electron chi connectivity index (χ0n) is 56.8. The zero-order chi connectivity index (χ0) is 66.1. The van der Waals surface area contributed by atoms with Crippen molar-refractivity contribution in [3.05, 3.63) is 24.3 Å². The Hall–Kier alpha value is -1.73. The lowest BCUT2D eigenvalue weighted by atomic mass is 9.96. The number of carbonyl (C=O) groups is 1. The molecule has 91 heavy (non-hydrogen) atoms. The minimum Gasteiger partial charge on any atom is -0.394 e. The van der Waals surface area contributed by atoms with E-state index in [1.165, 1.54) is 225 Å². The molecule has 3 fully saturated rings. The Morgan fingerprint density at radius 2 is 0.703 bits per heavy atom. The number of aliphatic hydroxyl groups is 11. The predicted molar refractivity (Wildman–Crippen MR) is 356 cm³/mol. The van der Waals surface area contributed by atoms with Crippen LogP contribution in [0.25, 0.3) is 0 Å². The van der Waals surface area contributed by atoms with Crippen LogP contribution in [0.2, 0.25) is 0 Å². The van der Waals surface area contributed by atoms with Gasteiger partial charge in [-0.2, -0.15) is 0 Å². The first-order valence-electron chi connectivity index (χ1n) is 37.1. The Labute approximate surface area is 549 Å². The van der Waals surface area contributed by atoms with Gasteiger partial charge in [0.25, 0.3) is 0 Å². The summed E-state index contributed by atoms with van der Waals surface area (Å²) in [7, 11) is 0. The third-order valence-corrected chi connectivity index (χ3v) is 18.8. The average Bonchev–Trinajstić information content (AvgIpc) is 0.889. The van der Waals surface area contributed by atoms with Crippen molar-refractivity contribution in [3.63, 3.8) is 0 Å². The van der Waals surface area contributed by atoms with Crippen LogP contribution in [-0.2, 0) is 33.2 Å². The molecule has 3 aliphatic heterocycles. The van der Waals surface area contributed by atoms with E-state index in [2.05, 4.69) is 31.3 Å². The SMILES string of the molecule is CCCCCCCCCCCCCCCCCCCCCCCCCCCC/C=C/CC/C=C/C(O)C(COC1OC(CO)C(OC2OC(CO)C(OC3OC(CO)C(O)C(O)C3O)C(O)C2O)C(O)C1O)NC(=O)CCCCCCCCCCCCCCCC. The number of ether oxygens (including phenoxy) is 6. The summed E-state index contributed by atoms with van der Waals surface area (Å²) >= 11 is 0. The molecule has 0 aliphatic carbocycles. The van der Waals surface area contributed by atoms with Gasteiger partial charge in [-0.3, -0.25) is 4.79 Å². The molecule has 3 saturated heterocycles. The molecule has 0 saturated carbocycles. The van der Waals surface area contributed by atoms with Crippen LogP contribution < -0.4 is 5.32 Å². The summed E-state index contributed by atoms with van der Waals surface area (Å²) in [4.78, 5) is 13.4. The van der Waals surface area contributed by atoms with E-state index in [0.717, 1.165) is 38.5 Å². The number of amides is 1. The minimum atomic E-state index is -1.98. The molecule has 0 aromatic carbocycles. The van der Waals surface area contributed by atoms with Crippen molar-refractivity contribution < 1.29 is 89.4 Å². The fourth-order valence-electron chi connectivity index (χ4n) is 12.7. The van der Waals surface area contributed by atoms with Gasteiger partial charge in [0, 0.05) is 6.42 Å². The van der Waals surface area contributed by atoms with E-state index in [9.17, 15) is 61.0 Å². The highest BCUT2D eigenvalue weighted by molar-refractivity contribution is 5.76. The van der Waals surface area contributed by atoms with Crippen molar-refractivity contribution in [1.82, 2.24) is 5.32 Å². The molecule has 17 unspecified atom stereocenters. The largest absolute Gasteiger partial charge is 0.394 e. The van der Waals surface area contributed by atoms with Crippen LogP contribution in [-0.4, -0.2) is 193 Å². The smallest absolute Gasteiger partial charge is 0.220 e. The number of carbonyl (C=O) groups excluding carboxylic acids is 1. The molecule has 19 nitrogen and oxygen atoms in total. The average molecular weight is 1300 g/mol. The lowest BCUT2D eigenvalue weighted by Crippen LogP contribution is -2.66. The molecule has 0 bridgehead atoms. The summed E-state index contributed by atoms with van der Waals surface area (Å²) in [6.07, 6.45) is 36.2. The number of unbranched alkanes of at least 4 members (excludes halogenated alkanes) is 40. The number of allylic oxidation sites excluding steroid dienone is 3. The summed E-state index contributed by atoms with van der Waals surface area (Å²) in [5.41, 5.74) is 0. The van der Waals surface area contributed by atoms with Gasteiger partial charge >= 0.3 is 0 Å². The van der Waals surface area contributed by atoms with Crippen LogP contribution in [0, 0.1) is 0 Å². The highest BCUT2D eigenvalue weighted by atomic mass is 16.8. The Morgan fingerprint density at radius 1 is 0.385 bits per heavy atom. The first kappa shape index (κ1) is 83.5. The van der Waals surface area contributed by atoms with Crippen molar-refractivity contribution in [1.29, 1.82) is 0 Å². The van der Waals surface area contributed by atoms with Crippen molar-refractivity contribution in [2.45, 2.75) is 401 Å². The van der Waals surface area contributed by atoms with E-state index in [1.54, 1.807) is 6.08 Å². The summed E-state index contributed by atoms with van der Waals surface area (Å²) in [5, 5.41) is 120. The monoisotopic (exact) mass is 1300 g/mol. The van der Waals surface area contributed by atoms with Gasteiger partial charge in [0.15, 0.2) is 18.9 Å². The standard InChI is InChI=1S/C72H135NO18/c1-3-5-7-9-11-13-15-17-19-20-21-22-23-24-25-26-27-28-29-30-31-32-33-34-35-36-37-39-41-43-45-47-49-56(77)55(73-60(78)50-48-46-44-42-40-38-18-16-14-12-10-8-6-4-2)54-86-70-66(84)63(81)68(58(52-75)88-70)91-72-67(85)64(82)69(59(53-76)89-72)90-71-65(83)62(80)61(79)57(51-74)87-71/h39,41,47,49,55-59,61-72,74-77,79-85H,3-38,40,42-46,48,50-54H2,1-2H3,(H,73,78)/b41-39+,49-47+. The molecule has 3 aliphatic rings. The second kappa shape index (κ2) is 54.3. The molecule has 1 amide bonds. The topological polar surface area (TPSA) is 307 Å². The predicted octanol–water partition coefficient (Wildman–Crippen LogP) is 10.6. The van der Waals surface area contributed by atoms with Crippen LogP contribution in [0.1, 0.15) is 296 Å². The molecule has 0 spiro atoms. The third kappa shape index (κ3) is 35.9. The molecule has 12 N–H and O–H groups in total. The Kier molecular flexibility index (Phi) is 49.8. The summed E-state index contributed by atoms with van der Waals surface area (Å²) < 4.78 is 34.3. The third-order valence-electron chi connectivity index (χ3n) is 18.8. The number of rotatable bonds is 58. The highest BCUT2D eigenvalue weighted by Gasteiger charge is 2.53. The molecule has 3 rings (SSSR count). The van der Waals surface area contributed by atoms with E-state index in [0.29, 0.717) is 12.8 Å². The minimum absolute atomic E-state index is 0.240. The lowest BCUT2D eigenvalue weighted by Gasteiger charge is -2.48. The van der Waals surface area contributed by atoms with Crippen LogP contribution in [0.4, 0.5) is 0 Å². The molecule has 0 aromatic heterocycles. The first-order valence-corrected chi connectivity index (χ1v) is 37.1. The second-order valence-electron chi connectivity index (χ2n) is 26.8. The highest BCUT2D eigenvalue weighted by Crippen LogP contribution is 2.33. The maximum Gasteiger partial charge on any atom is 0.220 e. The molecule has 0 radical (unpaired) electrons. The molecular formula is C72H135NO18. The number of hydrogen-bond acceptors (Lipinski definition) is 18. The molecule has 17 atom stereocenters. The Morgan fingerprint density at radius 3 is 1.10 bits per heavy atom. The maximum absolute atomic E-state index is 13.4. The Bertz CT molecular complexity index is 1750. The fourth-order valence-corrected chi connectivity index (χ4v) is 12.7. The number of nitrogens with one attached hydrogen (secondary N) is 1. The van der Waals surface area contributed by atoms with Crippen molar-refractivity contribution in [3.8, 4) is 0 Å². The van der Waals surface area contributed by atoms with E-state index < -0.39 is 124 Å². The van der Waals surface area contributed by atoms with E-state index in [-0.39, 0.29) is 18.9 Å². The van der Waals surface area contributed by atoms with Crippen molar-refractivity contribution in [2.75, 3.05) is 26.4 Å². The molecular weight excluding hydrogens is 1170 g/mol. The van der Waals surface area contributed by atoms with Gasteiger partial charge in [-0.15, -0.1) is 0 Å². The van der Waals surface area contributed by atoms with Crippen LogP contribution in [0.15, 0.2) is 24.3 Å². The fraction of sp³-hybridized carbons (Fsp3) is 0.931. The van der Waals surface area contributed by atoms with E-state index in [4.69, 9.17) is 28.4 Å². The second-order valence-corrected chi connectivity index (χ2v) is 26.8. The molecule has 536 valence electrons. The summed E-state index contributed by atoms with van der Waals surface area (Å²) in [5.74, 6) is -0.281. The van der Waals surface area contributed by atoms with Gasteiger partial charge in [-0.1, -0.05) is 282 Å². The van der Waals surface area contributed by atoms with Crippen LogP contribution in [0.3, 0.4) is 0 Å². The van der Waals surface area contributed by atoms with Gasteiger partial charge in [0.05, 0.1) is 38.6 Å². The molecule has 3 heterocycles. The van der Waals surface area contributed by atoms with Gasteiger partial charge in [0.1, 0.15) is 73.2 Å². The number of hydrogen-bond donors (Lipinski definition) is 12. The summed E-state index contributed by atoms with van der Waals surface area (Å²) in [6.45, 7) is 1.74. The van der Waals surface area contributed by atoms with Crippen LogP contribution >= 0.6 is 0 Å². The van der Waals surface area contributed by atoms with Gasteiger partial charge in [-0.05, 0) is 32.1 Å². The lowest BCUT2D eigenvalue weighted by molar-refractivity contribution is -0.379. The van der Waals surface area contributed by atoms with Crippen LogP contribution in [0.5, 0.6) is 0 Å². The normalized spacial score (nSPS) is 27.9. The Balaban J connectivity index is 1.38. The van der Waals surface area contributed by atoms with E-state index in [1.807, 2.05) is 6.08 Å². The van der Waals surface area contributed by atoms with Gasteiger partial charge < -0.3 is 89.9 Å². The maximum atomic E-state index is 13.4. The quantitative estimate of drug-likeness (QED) is 0.0199. The van der Waals surface area contributed by atoms with E-state index >= 15 is 0 Å². The molecule has 0 aromatic rings. The van der Waals surface area contributed by atoms with Gasteiger partial charge in [0.2, 0.25) is 5.91 Å². The molecule has 19 heteroatoms. The number of aliphatic hydroxyl groups excluding tert-OH is 11. The van der Waals surface area contributed by atoms with Gasteiger partial charge in [-0.25, -0.2) is 0 Å². The zero-order valence-corrected chi connectivity index (χ0v) is 56.8. The van der Waals surface area contributed by atoms with Crippen molar-refractivity contribution >= 4 is 5.91 Å². The van der Waals surface area contributed by atoms with Crippen molar-refractivity contribution in [2.24, 2.45) is 0 Å². The summed E-state index contributed by atoms with van der Waals surface area (Å²) in [6, 6.07) is -0.986. The first-order chi connectivity index (χ1) is 44.3.